The van der Waals surface area contributed by atoms with E-state index in [0.717, 1.165) is 27.6 Å². The van der Waals surface area contributed by atoms with Crippen LogP contribution >= 0.6 is 15.9 Å². The molecular formula is C18H18BrF3N4O. The third kappa shape index (κ3) is 3.44. The van der Waals surface area contributed by atoms with Gasteiger partial charge in [-0.15, -0.1) is 0 Å². The fourth-order valence-corrected chi connectivity index (χ4v) is 3.99. The Bertz CT molecular complexity index is 843. The number of halogens is 4. The van der Waals surface area contributed by atoms with Crippen molar-refractivity contribution in [3.05, 3.63) is 46.1 Å². The maximum Gasteiger partial charge on any atom is 0.410 e. The second-order valence-electron chi connectivity index (χ2n) is 6.89. The Kier molecular flexibility index (Phi) is 4.65. The average molecular weight is 443 g/mol. The summed E-state index contributed by atoms with van der Waals surface area (Å²) < 4.78 is 42.8. The number of carbonyl (C=O) groups excluding carboxylic acids is 1. The first-order valence-electron chi connectivity index (χ1n) is 8.80. The summed E-state index contributed by atoms with van der Waals surface area (Å²) in [5.41, 5.74) is 0.937. The largest absolute Gasteiger partial charge is 0.410 e. The number of alkyl halides is 3. The van der Waals surface area contributed by atoms with E-state index in [9.17, 15) is 18.0 Å². The molecule has 9 heteroatoms. The first-order valence-corrected chi connectivity index (χ1v) is 9.59. The lowest BCUT2D eigenvalue weighted by Crippen LogP contribution is -2.36. The molecule has 1 saturated heterocycles. The number of nitrogens with zero attached hydrogens (tertiary/aromatic N) is 3. The van der Waals surface area contributed by atoms with Crippen LogP contribution in [0, 0.1) is 0 Å². The zero-order valence-corrected chi connectivity index (χ0v) is 15.9. The molecule has 2 aliphatic heterocycles. The van der Waals surface area contributed by atoms with Crippen LogP contribution in [-0.2, 0) is 0 Å². The fourth-order valence-electron chi connectivity index (χ4n) is 3.72. The van der Waals surface area contributed by atoms with Crippen LogP contribution in [0.3, 0.4) is 0 Å². The molecule has 1 aromatic carbocycles. The van der Waals surface area contributed by atoms with Gasteiger partial charge in [0.2, 0.25) is 0 Å². The van der Waals surface area contributed by atoms with Gasteiger partial charge in [0, 0.05) is 24.0 Å². The lowest BCUT2D eigenvalue weighted by atomic mass is 9.96. The molecule has 1 amide bonds. The number of aromatic nitrogens is 2. The van der Waals surface area contributed by atoms with E-state index in [0.29, 0.717) is 13.1 Å². The van der Waals surface area contributed by atoms with Crippen molar-refractivity contribution in [2.24, 2.45) is 0 Å². The zero-order valence-electron chi connectivity index (χ0n) is 14.3. The summed E-state index contributed by atoms with van der Waals surface area (Å²) in [4.78, 5) is 14.4. The normalized spacial score (nSPS) is 22.4. The van der Waals surface area contributed by atoms with Crippen molar-refractivity contribution in [3.8, 4) is 0 Å². The molecule has 0 saturated carbocycles. The summed E-state index contributed by atoms with van der Waals surface area (Å²) >= 11 is 3.34. The van der Waals surface area contributed by atoms with E-state index < -0.39 is 18.3 Å². The van der Waals surface area contributed by atoms with Crippen molar-refractivity contribution in [2.75, 3.05) is 18.4 Å². The van der Waals surface area contributed by atoms with Crippen molar-refractivity contribution >= 4 is 27.7 Å². The topological polar surface area (TPSA) is 50.2 Å². The summed E-state index contributed by atoms with van der Waals surface area (Å²) in [6, 6.07) is 4.82. The molecule has 2 aromatic rings. The average Bonchev–Trinajstić information content (AvgIpc) is 3.30. The number of likely N-dealkylation sites (tertiary alicyclic amines) is 1. The molecule has 0 bridgehead atoms. The minimum absolute atomic E-state index is 0.147. The van der Waals surface area contributed by atoms with E-state index in [1.165, 1.54) is 6.20 Å². The van der Waals surface area contributed by atoms with Crippen LogP contribution in [0.4, 0.5) is 19.0 Å². The number of hydrogen-bond donors (Lipinski definition) is 1. The molecule has 0 unspecified atom stereocenters. The summed E-state index contributed by atoms with van der Waals surface area (Å²) in [5, 5.41) is 7.04. The highest BCUT2D eigenvalue weighted by molar-refractivity contribution is 9.10. The predicted molar refractivity (Wildman–Crippen MR) is 97.6 cm³/mol. The molecule has 5 nitrogen and oxygen atoms in total. The molecule has 1 aromatic heterocycles. The van der Waals surface area contributed by atoms with Gasteiger partial charge in [0.15, 0.2) is 6.04 Å². The molecule has 0 radical (unpaired) electrons. The molecular weight excluding hydrogens is 425 g/mol. The Balaban J connectivity index is 1.72. The highest BCUT2D eigenvalue weighted by atomic mass is 79.9. The number of rotatable bonds is 2. The Morgan fingerprint density at radius 2 is 1.85 bits per heavy atom. The molecule has 1 N–H and O–H groups in total. The van der Waals surface area contributed by atoms with Crippen LogP contribution in [0.1, 0.15) is 47.3 Å². The van der Waals surface area contributed by atoms with Gasteiger partial charge in [0.25, 0.3) is 5.91 Å². The minimum atomic E-state index is -4.45. The Hall–Kier alpha value is -2.03. The number of anilines is 1. The van der Waals surface area contributed by atoms with Crippen LogP contribution < -0.4 is 5.32 Å². The summed E-state index contributed by atoms with van der Waals surface area (Å²) in [5.74, 6) is -0.118. The predicted octanol–water partition coefficient (Wildman–Crippen LogP) is 4.54. The fraction of sp³-hybridized carbons (Fsp3) is 0.444. The minimum Gasteiger partial charge on any atom is -0.363 e. The number of hydrogen-bond acceptors (Lipinski definition) is 3. The van der Waals surface area contributed by atoms with E-state index in [4.69, 9.17) is 0 Å². The quantitative estimate of drug-likeness (QED) is 0.742. The van der Waals surface area contributed by atoms with Crippen molar-refractivity contribution < 1.29 is 18.0 Å². The lowest BCUT2D eigenvalue weighted by Gasteiger charge is -2.34. The van der Waals surface area contributed by atoms with Crippen LogP contribution in [0.5, 0.6) is 0 Å². The van der Waals surface area contributed by atoms with Crippen molar-refractivity contribution in [1.82, 2.24) is 14.7 Å². The number of amides is 1. The molecule has 27 heavy (non-hydrogen) atoms. The maximum atomic E-state index is 13.7. The van der Waals surface area contributed by atoms with Crippen molar-refractivity contribution in [3.63, 3.8) is 0 Å². The Labute approximate surface area is 162 Å². The zero-order chi connectivity index (χ0) is 19.2. The van der Waals surface area contributed by atoms with Gasteiger partial charge in [0.05, 0.1) is 12.2 Å². The number of benzene rings is 1. The van der Waals surface area contributed by atoms with Gasteiger partial charge in [-0.05, 0) is 30.5 Å². The van der Waals surface area contributed by atoms with Gasteiger partial charge >= 0.3 is 6.18 Å². The second-order valence-corrected chi connectivity index (χ2v) is 7.81. The monoisotopic (exact) mass is 442 g/mol. The lowest BCUT2D eigenvalue weighted by molar-refractivity contribution is -0.173. The van der Waals surface area contributed by atoms with Gasteiger partial charge in [-0.1, -0.05) is 28.1 Å². The number of carbonyl (C=O) groups is 1. The van der Waals surface area contributed by atoms with E-state index >= 15 is 0 Å². The van der Waals surface area contributed by atoms with Gasteiger partial charge in [-0.25, -0.2) is 4.68 Å². The van der Waals surface area contributed by atoms with Crippen LogP contribution in [0.25, 0.3) is 0 Å². The highest BCUT2D eigenvalue weighted by Crippen LogP contribution is 2.44. The summed E-state index contributed by atoms with van der Waals surface area (Å²) in [6.07, 6.45) is -1.56. The molecule has 0 aliphatic carbocycles. The standard InChI is InChI=1S/C18H18BrF3N4O/c19-12-5-3-11(4-6-12)14-9-15(18(20,21)22)26-16(24-14)13(10-23-26)17(27)25-7-1-2-8-25/h3-6,10,14-15,24H,1-2,7-9H2/t14-,15+/m1/s1. The molecule has 2 atom stereocenters. The van der Waals surface area contributed by atoms with E-state index in [1.807, 2.05) is 0 Å². The van der Waals surface area contributed by atoms with Gasteiger partial charge in [0.1, 0.15) is 11.4 Å². The van der Waals surface area contributed by atoms with Gasteiger partial charge < -0.3 is 10.2 Å². The van der Waals surface area contributed by atoms with E-state index in [2.05, 4.69) is 26.3 Å². The van der Waals surface area contributed by atoms with Crippen molar-refractivity contribution in [1.29, 1.82) is 0 Å². The van der Waals surface area contributed by atoms with E-state index in [-0.39, 0.29) is 23.7 Å². The van der Waals surface area contributed by atoms with Gasteiger partial charge in [-0.3, -0.25) is 4.79 Å². The first kappa shape index (κ1) is 18.3. The third-order valence-corrected chi connectivity index (χ3v) is 5.66. The second kappa shape index (κ2) is 6.85. The Morgan fingerprint density at radius 3 is 2.48 bits per heavy atom. The van der Waals surface area contributed by atoms with E-state index in [1.54, 1.807) is 29.2 Å². The van der Waals surface area contributed by atoms with Crippen LogP contribution in [0.15, 0.2) is 34.9 Å². The molecule has 4 rings (SSSR count). The molecule has 0 spiro atoms. The molecule has 144 valence electrons. The molecule has 2 aliphatic rings. The smallest absolute Gasteiger partial charge is 0.363 e. The first-order chi connectivity index (χ1) is 12.8. The third-order valence-electron chi connectivity index (χ3n) is 5.13. The highest BCUT2D eigenvalue weighted by Gasteiger charge is 2.47. The van der Waals surface area contributed by atoms with Crippen LogP contribution in [-0.4, -0.2) is 39.9 Å². The van der Waals surface area contributed by atoms with Gasteiger partial charge in [-0.2, -0.15) is 18.3 Å². The summed E-state index contributed by atoms with van der Waals surface area (Å²) in [7, 11) is 0. The van der Waals surface area contributed by atoms with Crippen molar-refractivity contribution in [2.45, 2.75) is 37.5 Å². The maximum absolute atomic E-state index is 13.7. The number of fused-ring (bicyclic) bond motifs is 1. The van der Waals surface area contributed by atoms with Crippen LogP contribution in [0.2, 0.25) is 0 Å². The summed E-state index contributed by atoms with van der Waals surface area (Å²) in [6.45, 7) is 1.25. The SMILES string of the molecule is O=C(c1cnn2c1N[C@@H](c1ccc(Br)cc1)C[C@H]2C(F)(F)F)N1CCCC1. The molecule has 3 heterocycles. The molecule has 1 fully saturated rings. The number of nitrogens with one attached hydrogen (secondary N) is 1. The Morgan fingerprint density at radius 1 is 1.19 bits per heavy atom.